The number of pyridine rings is 1. The average molecular weight is 266 g/mol. The lowest BCUT2D eigenvalue weighted by Crippen LogP contribution is -2.14. The second kappa shape index (κ2) is 5.47. The average Bonchev–Trinajstić information content (AvgIpc) is 2.97. The van der Waals surface area contributed by atoms with Crippen LogP contribution in [0.5, 0.6) is 0 Å². The summed E-state index contributed by atoms with van der Waals surface area (Å²) in [4.78, 5) is 4.22. The van der Waals surface area contributed by atoms with Crippen LogP contribution in [-0.2, 0) is 0 Å². The standard InChI is InChI=1S/C17H18N2O/c1-3-15(18-2)17-8-7-16(20-17)13-6-4-5-12-9-10-19-11-14(12)13/h4-11,15,18H,3H2,1-2H3. The Kier molecular flexibility index (Phi) is 3.52. The highest BCUT2D eigenvalue weighted by molar-refractivity contribution is 5.94. The van der Waals surface area contributed by atoms with Gasteiger partial charge >= 0.3 is 0 Å². The molecular weight excluding hydrogens is 248 g/mol. The smallest absolute Gasteiger partial charge is 0.135 e. The van der Waals surface area contributed by atoms with E-state index in [-0.39, 0.29) is 6.04 Å². The SMILES string of the molecule is CCC(NC)c1ccc(-c2cccc3ccncc23)o1. The van der Waals surface area contributed by atoms with Gasteiger partial charge < -0.3 is 9.73 Å². The first-order chi connectivity index (χ1) is 9.83. The van der Waals surface area contributed by atoms with E-state index in [1.165, 1.54) is 5.39 Å². The normalized spacial score (nSPS) is 12.7. The van der Waals surface area contributed by atoms with Gasteiger partial charge in [0.2, 0.25) is 0 Å². The van der Waals surface area contributed by atoms with E-state index in [0.717, 1.165) is 28.9 Å². The molecular formula is C17H18N2O. The van der Waals surface area contributed by atoms with Crippen LogP contribution < -0.4 is 5.32 Å². The number of benzene rings is 1. The molecule has 3 heteroatoms. The van der Waals surface area contributed by atoms with Gasteiger partial charge in [-0.1, -0.05) is 25.1 Å². The van der Waals surface area contributed by atoms with E-state index >= 15 is 0 Å². The number of hydrogen-bond donors (Lipinski definition) is 1. The Hall–Kier alpha value is -2.13. The van der Waals surface area contributed by atoms with E-state index in [9.17, 15) is 0 Å². The highest BCUT2D eigenvalue weighted by atomic mass is 16.3. The third-order valence-corrected chi connectivity index (χ3v) is 3.68. The molecule has 0 amide bonds. The van der Waals surface area contributed by atoms with Crippen molar-refractivity contribution < 1.29 is 4.42 Å². The highest BCUT2D eigenvalue weighted by Crippen LogP contribution is 2.31. The molecule has 2 heterocycles. The number of rotatable bonds is 4. The van der Waals surface area contributed by atoms with Gasteiger partial charge in [0.25, 0.3) is 0 Å². The Morgan fingerprint density at radius 1 is 1.20 bits per heavy atom. The van der Waals surface area contributed by atoms with Gasteiger partial charge in [-0.25, -0.2) is 0 Å². The van der Waals surface area contributed by atoms with Crippen molar-refractivity contribution in [2.24, 2.45) is 0 Å². The third-order valence-electron chi connectivity index (χ3n) is 3.68. The number of nitrogens with zero attached hydrogens (tertiary/aromatic N) is 1. The van der Waals surface area contributed by atoms with Crippen LogP contribution in [0.15, 0.2) is 53.2 Å². The minimum atomic E-state index is 0.261. The van der Waals surface area contributed by atoms with Crippen LogP contribution in [0.1, 0.15) is 25.1 Å². The fourth-order valence-corrected chi connectivity index (χ4v) is 2.56. The second-order valence-corrected chi connectivity index (χ2v) is 4.85. The van der Waals surface area contributed by atoms with E-state index in [2.05, 4.69) is 41.5 Å². The molecule has 0 radical (unpaired) electrons. The molecule has 0 bridgehead atoms. The molecule has 0 aliphatic carbocycles. The number of furan rings is 1. The van der Waals surface area contributed by atoms with Crippen molar-refractivity contribution in [1.29, 1.82) is 0 Å². The third kappa shape index (κ3) is 2.21. The summed E-state index contributed by atoms with van der Waals surface area (Å²) in [5.41, 5.74) is 1.09. The summed E-state index contributed by atoms with van der Waals surface area (Å²) in [6.07, 6.45) is 4.70. The summed E-state index contributed by atoms with van der Waals surface area (Å²) in [5.74, 6) is 1.87. The molecule has 3 nitrogen and oxygen atoms in total. The highest BCUT2D eigenvalue weighted by Gasteiger charge is 2.13. The van der Waals surface area contributed by atoms with Crippen molar-refractivity contribution in [2.45, 2.75) is 19.4 Å². The van der Waals surface area contributed by atoms with Crippen LogP contribution in [0.3, 0.4) is 0 Å². The van der Waals surface area contributed by atoms with Crippen molar-refractivity contribution in [3.63, 3.8) is 0 Å². The number of nitrogens with one attached hydrogen (secondary N) is 1. The van der Waals surface area contributed by atoms with Crippen molar-refractivity contribution in [2.75, 3.05) is 7.05 Å². The Labute approximate surface area is 118 Å². The summed E-state index contributed by atoms with van der Waals surface area (Å²) in [6, 6.07) is 12.6. The molecule has 3 aromatic rings. The molecule has 0 spiro atoms. The van der Waals surface area contributed by atoms with Crippen molar-refractivity contribution in [3.05, 3.63) is 54.6 Å². The van der Waals surface area contributed by atoms with Gasteiger partial charge in [0.1, 0.15) is 11.5 Å². The summed E-state index contributed by atoms with van der Waals surface area (Å²) in [6.45, 7) is 2.14. The van der Waals surface area contributed by atoms with E-state index < -0.39 is 0 Å². The molecule has 1 atom stereocenters. The first-order valence-corrected chi connectivity index (χ1v) is 6.93. The Bertz CT molecular complexity index is 708. The first kappa shape index (κ1) is 12.9. The zero-order valence-electron chi connectivity index (χ0n) is 11.8. The van der Waals surface area contributed by atoms with Crippen LogP contribution in [-0.4, -0.2) is 12.0 Å². The lowest BCUT2D eigenvalue weighted by molar-refractivity contribution is 0.431. The van der Waals surface area contributed by atoms with Gasteiger partial charge in [0.15, 0.2) is 0 Å². The summed E-state index contributed by atoms with van der Waals surface area (Å²) in [5, 5.41) is 5.56. The number of hydrogen-bond acceptors (Lipinski definition) is 3. The molecule has 1 unspecified atom stereocenters. The maximum Gasteiger partial charge on any atom is 0.135 e. The Morgan fingerprint density at radius 2 is 2.10 bits per heavy atom. The molecule has 0 saturated carbocycles. The van der Waals surface area contributed by atoms with Crippen molar-refractivity contribution in [3.8, 4) is 11.3 Å². The minimum absolute atomic E-state index is 0.261. The maximum absolute atomic E-state index is 6.03. The van der Waals surface area contributed by atoms with Crippen LogP contribution in [0, 0.1) is 0 Å². The van der Waals surface area contributed by atoms with Crippen molar-refractivity contribution >= 4 is 10.8 Å². The van der Waals surface area contributed by atoms with Crippen molar-refractivity contribution in [1.82, 2.24) is 10.3 Å². The fraction of sp³-hybridized carbons (Fsp3) is 0.235. The molecule has 102 valence electrons. The largest absolute Gasteiger partial charge is 0.459 e. The molecule has 0 aliphatic heterocycles. The van der Waals surface area contributed by atoms with Gasteiger partial charge in [0.05, 0.1) is 6.04 Å². The van der Waals surface area contributed by atoms with Gasteiger partial charge in [-0.15, -0.1) is 0 Å². The van der Waals surface area contributed by atoms with Crippen LogP contribution in [0.25, 0.3) is 22.1 Å². The fourth-order valence-electron chi connectivity index (χ4n) is 2.56. The molecule has 20 heavy (non-hydrogen) atoms. The predicted octanol–water partition coefficient (Wildman–Crippen LogP) is 4.17. The van der Waals surface area contributed by atoms with E-state index in [1.807, 2.05) is 31.6 Å². The van der Waals surface area contributed by atoms with Crippen LogP contribution >= 0.6 is 0 Å². The minimum Gasteiger partial charge on any atom is -0.459 e. The zero-order chi connectivity index (χ0) is 13.9. The molecule has 0 fully saturated rings. The van der Waals surface area contributed by atoms with Crippen LogP contribution in [0.4, 0.5) is 0 Å². The monoisotopic (exact) mass is 266 g/mol. The maximum atomic E-state index is 6.03. The topological polar surface area (TPSA) is 38.1 Å². The van der Waals surface area contributed by atoms with Gasteiger partial charge in [-0.3, -0.25) is 4.98 Å². The summed E-state index contributed by atoms with van der Waals surface area (Å²) >= 11 is 0. The number of fused-ring (bicyclic) bond motifs is 1. The zero-order valence-corrected chi connectivity index (χ0v) is 11.8. The van der Waals surface area contributed by atoms with E-state index in [0.29, 0.717) is 0 Å². The van der Waals surface area contributed by atoms with Gasteiger partial charge in [0, 0.05) is 23.3 Å². The molecule has 1 aromatic carbocycles. The summed E-state index contributed by atoms with van der Waals surface area (Å²) in [7, 11) is 1.96. The summed E-state index contributed by atoms with van der Waals surface area (Å²) < 4.78 is 6.03. The predicted molar refractivity (Wildman–Crippen MR) is 81.5 cm³/mol. The van der Waals surface area contributed by atoms with E-state index in [1.54, 1.807) is 0 Å². The first-order valence-electron chi connectivity index (χ1n) is 6.93. The molecule has 0 saturated heterocycles. The number of aromatic nitrogens is 1. The van der Waals surface area contributed by atoms with E-state index in [4.69, 9.17) is 4.42 Å². The van der Waals surface area contributed by atoms with Gasteiger partial charge in [-0.05, 0) is 37.1 Å². The Balaban J connectivity index is 2.08. The lowest BCUT2D eigenvalue weighted by atomic mass is 10.1. The molecule has 1 N–H and O–H groups in total. The second-order valence-electron chi connectivity index (χ2n) is 4.85. The molecule has 0 aliphatic rings. The molecule has 2 aromatic heterocycles. The lowest BCUT2D eigenvalue weighted by Gasteiger charge is -2.10. The van der Waals surface area contributed by atoms with Crippen LogP contribution in [0.2, 0.25) is 0 Å². The molecule has 3 rings (SSSR count). The van der Waals surface area contributed by atoms with Gasteiger partial charge in [-0.2, -0.15) is 0 Å². The quantitative estimate of drug-likeness (QED) is 0.770. The Morgan fingerprint density at radius 3 is 2.90 bits per heavy atom.